The zero-order valence-electron chi connectivity index (χ0n) is 15.2. The zero-order chi connectivity index (χ0) is 18.6. The molecule has 0 bridgehead atoms. The minimum Gasteiger partial charge on any atom is -0.390 e. The van der Waals surface area contributed by atoms with E-state index in [4.69, 9.17) is 0 Å². The maximum absolute atomic E-state index is 12.5. The SMILES string of the molecule is CCC(O)C(O)CCCCCCn1c(=O)c2c(ncn2C)n(C)c1=O. The normalized spacial score (nSPS) is 14.1. The first-order valence-corrected chi connectivity index (χ1v) is 8.85. The molecule has 2 atom stereocenters. The third-order valence-corrected chi connectivity index (χ3v) is 4.70. The van der Waals surface area contributed by atoms with Crippen LogP contribution in [0.2, 0.25) is 0 Å². The monoisotopic (exact) mass is 352 g/mol. The molecule has 140 valence electrons. The first-order chi connectivity index (χ1) is 11.9. The van der Waals surface area contributed by atoms with Gasteiger partial charge in [0.15, 0.2) is 11.2 Å². The Kier molecular flexibility index (Phi) is 6.55. The predicted octanol–water partition coefficient (Wildman–Crippen LogP) is 0.516. The van der Waals surface area contributed by atoms with Crippen LogP contribution in [0.1, 0.15) is 45.4 Å². The number of aryl methyl sites for hydroxylation is 2. The Morgan fingerprint density at radius 3 is 2.44 bits per heavy atom. The summed E-state index contributed by atoms with van der Waals surface area (Å²) in [6, 6.07) is 0. The number of aliphatic hydroxyl groups is 2. The smallest absolute Gasteiger partial charge is 0.332 e. The molecule has 0 radical (unpaired) electrons. The van der Waals surface area contributed by atoms with Gasteiger partial charge in [0.25, 0.3) is 5.56 Å². The van der Waals surface area contributed by atoms with Crippen molar-refractivity contribution in [1.29, 1.82) is 0 Å². The van der Waals surface area contributed by atoms with Crippen LogP contribution in [0, 0.1) is 0 Å². The molecule has 2 heterocycles. The Morgan fingerprint density at radius 1 is 1.08 bits per heavy atom. The molecule has 0 amide bonds. The van der Waals surface area contributed by atoms with Gasteiger partial charge < -0.3 is 14.8 Å². The van der Waals surface area contributed by atoms with Crippen molar-refractivity contribution in [3.05, 3.63) is 27.2 Å². The van der Waals surface area contributed by atoms with Crippen LogP contribution in [0.3, 0.4) is 0 Å². The van der Waals surface area contributed by atoms with E-state index in [1.807, 2.05) is 6.92 Å². The van der Waals surface area contributed by atoms with Gasteiger partial charge in [0, 0.05) is 20.6 Å². The van der Waals surface area contributed by atoms with Gasteiger partial charge in [0.2, 0.25) is 0 Å². The van der Waals surface area contributed by atoms with Crippen molar-refractivity contribution >= 4 is 11.2 Å². The Bertz CT molecular complexity index is 820. The summed E-state index contributed by atoms with van der Waals surface area (Å²) in [6.07, 6.45) is 4.58. The summed E-state index contributed by atoms with van der Waals surface area (Å²) in [5.74, 6) is 0. The summed E-state index contributed by atoms with van der Waals surface area (Å²) >= 11 is 0. The zero-order valence-corrected chi connectivity index (χ0v) is 15.2. The summed E-state index contributed by atoms with van der Waals surface area (Å²) in [4.78, 5) is 29.0. The minimum absolute atomic E-state index is 0.306. The number of unbranched alkanes of at least 4 members (excludes halogenated alkanes) is 3. The van der Waals surface area contributed by atoms with Crippen molar-refractivity contribution in [1.82, 2.24) is 18.7 Å². The molecular weight excluding hydrogens is 324 g/mol. The average molecular weight is 352 g/mol. The molecule has 2 unspecified atom stereocenters. The number of aliphatic hydroxyl groups excluding tert-OH is 2. The van der Waals surface area contributed by atoms with Crippen LogP contribution in [0.5, 0.6) is 0 Å². The minimum atomic E-state index is -0.674. The maximum Gasteiger partial charge on any atom is 0.332 e. The molecule has 0 aromatic carbocycles. The first kappa shape index (κ1) is 19.4. The lowest BCUT2D eigenvalue weighted by molar-refractivity contribution is 0.0114. The molecule has 2 aromatic rings. The number of hydrogen-bond donors (Lipinski definition) is 2. The van der Waals surface area contributed by atoms with Crippen molar-refractivity contribution in [2.75, 3.05) is 0 Å². The molecule has 8 nitrogen and oxygen atoms in total. The fourth-order valence-corrected chi connectivity index (χ4v) is 3.03. The number of fused-ring (bicyclic) bond motifs is 1. The fourth-order valence-electron chi connectivity index (χ4n) is 3.03. The van der Waals surface area contributed by atoms with E-state index in [1.165, 1.54) is 15.5 Å². The molecule has 25 heavy (non-hydrogen) atoms. The van der Waals surface area contributed by atoms with Crippen LogP contribution in [-0.2, 0) is 20.6 Å². The highest BCUT2D eigenvalue weighted by molar-refractivity contribution is 5.69. The molecule has 8 heteroatoms. The lowest BCUT2D eigenvalue weighted by Crippen LogP contribution is -2.39. The van der Waals surface area contributed by atoms with Crippen molar-refractivity contribution in [3.63, 3.8) is 0 Å². The molecule has 0 spiro atoms. The molecule has 0 aliphatic carbocycles. The van der Waals surface area contributed by atoms with E-state index in [0.29, 0.717) is 37.0 Å². The van der Waals surface area contributed by atoms with E-state index in [9.17, 15) is 19.8 Å². The number of rotatable bonds is 9. The van der Waals surface area contributed by atoms with Crippen LogP contribution < -0.4 is 11.2 Å². The third-order valence-electron chi connectivity index (χ3n) is 4.70. The Labute approximate surface area is 146 Å². The van der Waals surface area contributed by atoms with Gasteiger partial charge in [-0.15, -0.1) is 0 Å². The number of aromatic nitrogens is 4. The van der Waals surface area contributed by atoms with Crippen molar-refractivity contribution in [2.45, 2.75) is 64.2 Å². The molecule has 2 N–H and O–H groups in total. The predicted molar refractivity (Wildman–Crippen MR) is 95.6 cm³/mol. The van der Waals surface area contributed by atoms with E-state index in [2.05, 4.69) is 4.98 Å². The van der Waals surface area contributed by atoms with Crippen molar-refractivity contribution in [3.8, 4) is 0 Å². The third kappa shape index (κ3) is 4.19. The lowest BCUT2D eigenvalue weighted by Gasteiger charge is -2.15. The second-order valence-electron chi connectivity index (χ2n) is 6.57. The molecular formula is C17H28N4O4. The summed E-state index contributed by atoms with van der Waals surface area (Å²) in [5.41, 5.74) is 0.174. The van der Waals surface area contributed by atoms with Gasteiger partial charge in [0.1, 0.15) is 0 Å². The first-order valence-electron chi connectivity index (χ1n) is 8.85. The summed E-state index contributed by atoms with van der Waals surface area (Å²) < 4.78 is 4.30. The van der Waals surface area contributed by atoms with Gasteiger partial charge in [-0.05, 0) is 19.3 Å². The molecule has 2 aromatic heterocycles. The second-order valence-corrected chi connectivity index (χ2v) is 6.57. The fraction of sp³-hybridized carbons (Fsp3) is 0.706. The number of imidazole rings is 1. The lowest BCUT2D eigenvalue weighted by atomic mass is 10.0. The largest absolute Gasteiger partial charge is 0.390 e. The summed E-state index contributed by atoms with van der Waals surface area (Å²) in [6.45, 7) is 2.21. The van der Waals surface area contributed by atoms with E-state index >= 15 is 0 Å². The van der Waals surface area contributed by atoms with Crippen LogP contribution >= 0.6 is 0 Å². The highest BCUT2D eigenvalue weighted by atomic mass is 16.3. The van der Waals surface area contributed by atoms with E-state index in [-0.39, 0.29) is 11.2 Å². The molecule has 0 saturated carbocycles. The average Bonchev–Trinajstić information content (AvgIpc) is 2.99. The van der Waals surface area contributed by atoms with Gasteiger partial charge in [-0.3, -0.25) is 13.9 Å². The van der Waals surface area contributed by atoms with E-state index in [0.717, 1.165) is 19.3 Å². The van der Waals surface area contributed by atoms with E-state index < -0.39 is 12.2 Å². The standard InChI is InChI=1S/C17H28N4O4/c1-4-12(22)13(23)9-7-5-6-8-10-21-16(24)14-15(18-11-19(14)2)20(3)17(21)25/h11-13,22-23H,4-10H2,1-3H3. The highest BCUT2D eigenvalue weighted by Gasteiger charge is 2.15. The molecule has 0 fully saturated rings. The van der Waals surface area contributed by atoms with Crippen LogP contribution in [0.15, 0.2) is 15.9 Å². The Hall–Kier alpha value is -1.93. The van der Waals surface area contributed by atoms with Gasteiger partial charge in [-0.2, -0.15) is 0 Å². The van der Waals surface area contributed by atoms with E-state index in [1.54, 1.807) is 18.7 Å². The number of nitrogens with zero attached hydrogens (tertiary/aromatic N) is 4. The second kappa shape index (κ2) is 8.44. The molecule has 0 saturated heterocycles. The molecule has 2 rings (SSSR count). The Balaban J connectivity index is 1.93. The van der Waals surface area contributed by atoms with Gasteiger partial charge in [0.05, 0.1) is 18.5 Å². The van der Waals surface area contributed by atoms with Crippen LogP contribution in [-0.4, -0.2) is 41.1 Å². The quantitative estimate of drug-likeness (QED) is 0.641. The number of hydrogen-bond acceptors (Lipinski definition) is 5. The summed E-state index contributed by atoms with van der Waals surface area (Å²) in [5, 5.41) is 19.2. The topological polar surface area (TPSA) is 102 Å². The van der Waals surface area contributed by atoms with Gasteiger partial charge >= 0.3 is 5.69 Å². The van der Waals surface area contributed by atoms with Crippen molar-refractivity contribution < 1.29 is 10.2 Å². The summed E-state index contributed by atoms with van der Waals surface area (Å²) in [7, 11) is 3.36. The maximum atomic E-state index is 12.5. The Morgan fingerprint density at radius 2 is 1.76 bits per heavy atom. The van der Waals surface area contributed by atoms with Crippen LogP contribution in [0.25, 0.3) is 11.2 Å². The highest BCUT2D eigenvalue weighted by Crippen LogP contribution is 2.10. The molecule has 0 aliphatic rings. The molecule has 0 aliphatic heterocycles. The van der Waals surface area contributed by atoms with Crippen molar-refractivity contribution in [2.24, 2.45) is 14.1 Å². The van der Waals surface area contributed by atoms with Crippen LogP contribution in [0.4, 0.5) is 0 Å². The van der Waals surface area contributed by atoms with Gasteiger partial charge in [-0.25, -0.2) is 9.78 Å². The van der Waals surface area contributed by atoms with Gasteiger partial charge in [-0.1, -0.05) is 26.2 Å².